The first-order chi connectivity index (χ1) is 2.73. The van der Waals surface area contributed by atoms with E-state index in [0.717, 1.165) is 0 Å². The van der Waals surface area contributed by atoms with E-state index in [1.807, 2.05) is 0 Å². The Kier molecular flexibility index (Phi) is 154. The molecule has 0 aliphatic heterocycles. The molecule has 0 nitrogen and oxygen atoms in total. The second kappa shape index (κ2) is 40.4. The molecule has 0 atom stereocenters. The van der Waals surface area contributed by atoms with Gasteiger partial charge in [0.15, 0.2) is 5.98 Å². The summed E-state index contributed by atoms with van der Waals surface area (Å²) in [6.07, 6.45) is 1.47. The van der Waals surface area contributed by atoms with E-state index < -0.39 is 5.98 Å². The van der Waals surface area contributed by atoms with Gasteiger partial charge in [0.25, 0.3) is 0 Å². The summed E-state index contributed by atoms with van der Waals surface area (Å²) in [5, 5.41) is 0. The van der Waals surface area contributed by atoms with E-state index in [1.54, 1.807) is 0 Å². The van der Waals surface area contributed by atoms with Crippen molar-refractivity contribution in [1.29, 1.82) is 0 Å². The van der Waals surface area contributed by atoms with Crippen LogP contribution in [-0.4, -0.2) is 23.7 Å². The first-order valence-electron chi connectivity index (χ1n) is 0.885. The van der Waals surface area contributed by atoms with Crippen LogP contribution < -0.4 is 37.2 Å². The van der Waals surface area contributed by atoms with Gasteiger partial charge in [-0.25, -0.2) is 0 Å². The number of hydrogen-bond acceptors (Lipinski definition) is 0. The van der Waals surface area contributed by atoms with Crippen molar-refractivity contribution < 1.29 is 37.2 Å². The van der Waals surface area contributed by atoms with Crippen LogP contribution in [0.25, 0.3) is 0 Å². The van der Waals surface area contributed by atoms with E-state index in [1.165, 1.54) is 6.38 Å². The summed E-state index contributed by atoms with van der Waals surface area (Å²) in [6, 6.07) is 0. The van der Waals surface area contributed by atoms with Gasteiger partial charge in [0.2, 0.25) is 0 Å². The van der Waals surface area contributed by atoms with Crippen molar-refractivity contribution in [1.82, 2.24) is 0 Å². The molecule has 0 aromatic rings. The maximum atomic E-state index is 4.87. The first kappa shape index (κ1) is 38.2. The predicted octanol–water partition coefficient (Wildman–Crippen LogP) is -5.58. The Hall–Kier alpha value is 2.99. The van der Waals surface area contributed by atoms with Crippen molar-refractivity contribution in [2.45, 2.75) is 0 Å². The number of rotatable bonds is 0. The molecule has 0 rings (SSSR count). The first-order valence-corrected chi connectivity index (χ1v) is 5.70. The van der Waals surface area contributed by atoms with Gasteiger partial charge in [0.05, 0.1) is 0 Å². The van der Waals surface area contributed by atoms with E-state index in [4.69, 9.17) is 33.7 Å². The summed E-state index contributed by atoms with van der Waals surface area (Å²) >= 11 is 19.2. The van der Waals surface area contributed by atoms with Crippen LogP contribution in [0.4, 0.5) is 0 Å². The van der Waals surface area contributed by atoms with Gasteiger partial charge in [-0.1, -0.05) is 33.7 Å². The molecule has 0 heterocycles. The molecule has 0 amide bonds. The summed E-state index contributed by atoms with van der Waals surface area (Å²) in [5.41, 5.74) is 0. The van der Waals surface area contributed by atoms with E-state index in [-0.39, 0.29) is 54.6 Å². The van der Waals surface area contributed by atoms with Gasteiger partial charge < -0.3 is 37.2 Å². The average Bonchev–Trinajstić information content (AvgIpc) is 1.41. The normalized spacial score (nSPS) is 4.20. The van der Waals surface area contributed by atoms with E-state index in [2.05, 4.69) is 11.6 Å². The number of halogens is 7. The number of alkyl halides is 1. The largest absolute Gasteiger partial charge is 3.00 e. The summed E-state index contributed by atoms with van der Waals surface area (Å²) in [6.45, 7) is 0. The van der Waals surface area contributed by atoms with Crippen LogP contribution in [0.15, 0.2) is 0 Å². The van der Waals surface area contributed by atoms with Crippen LogP contribution >= 0.6 is 51.3 Å². The molecular weight excluding hydrogens is 318 g/mol. The quantitative estimate of drug-likeness (QED) is 0.237. The smallest absolute Gasteiger partial charge is 1.00 e. The summed E-state index contributed by atoms with van der Waals surface area (Å²) in [4.78, 5) is 0. The zero-order chi connectivity index (χ0) is 5.58. The van der Waals surface area contributed by atoms with Crippen LogP contribution in [-0.2, 0) is 0 Å². The van der Waals surface area contributed by atoms with Crippen LogP contribution in [0.3, 0.4) is 0 Å². The fourth-order valence-electron chi connectivity index (χ4n) is 0. The molecule has 0 aromatic heterocycles. The van der Waals surface area contributed by atoms with Crippen LogP contribution in [0, 0.1) is 0 Å². The van der Waals surface area contributed by atoms with E-state index in [9.17, 15) is 0 Å². The molecule has 9 heteroatoms. The van der Waals surface area contributed by atoms with Crippen molar-refractivity contribution in [2.24, 2.45) is 0 Å². The van der Waals surface area contributed by atoms with Gasteiger partial charge in [0, 0.05) is 6.38 Å². The Morgan fingerprint density at radius 1 is 0.800 bits per heavy atom. The topological polar surface area (TPSA) is 0 Å². The molecule has 0 aliphatic carbocycles. The maximum Gasteiger partial charge on any atom is 3.00 e. The monoisotopic (exact) mass is 318 g/mol. The minimum Gasteiger partial charge on any atom is -1.00 e. The Labute approximate surface area is 111 Å². The minimum absolute atomic E-state index is 0. The molecule has 0 spiro atoms. The SMILES string of the molecule is CCl.ClP(Cl)Cl.[Al+3].[Cl-].[Cl-].[Cl-]. The predicted molar refractivity (Wildman–Crippen MR) is 42.0 cm³/mol. The third-order valence-electron chi connectivity index (χ3n) is 0. The van der Waals surface area contributed by atoms with Gasteiger partial charge in [0.1, 0.15) is 0 Å². The Morgan fingerprint density at radius 2 is 0.800 bits per heavy atom. The van der Waals surface area contributed by atoms with Gasteiger partial charge in [-0.15, -0.1) is 11.6 Å². The molecule has 0 aliphatic rings. The zero-order valence-corrected chi connectivity index (χ0v) is 12.0. The second-order valence-electron chi connectivity index (χ2n) is 0.192. The third-order valence-corrected chi connectivity index (χ3v) is 0. The zero-order valence-electron chi connectivity index (χ0n) is 4.67. The summed E-state index contributed by atoms with van der Waals surface area (Å²) in [7, 11) is 0. The molecule has 0 N–H and O–H groups in total. The van der Waals surface area contributed by atoms with Gasteiger partial charge >= 0.3 is 17.4 Å². The third kappa shape index (κ3) is 123. The van der Waals surface area contributed by atoms with Crippen LogP contribution in [0.5, 0.6) is 0 Å². The van der Waals surface area contributed by atoms with E-state index in [0.29, 0.717) is 0 Å². The standard InChI is InChI=1S/CH3Cl.Al.Cl3P.3ClH/c1-2;;1-4(2)3;;;/h1H3;;;3*1H/q;+3;;;;/p-3. The fourth-order valence-corrected chi connectivity index (χ4v) is 0. The molecule has 0 unspecified atom stereocenters. The average molecular weight is 321 g/mol. The second-order valence-corrected chi connectivity index (χ2v) is 5.17. The van der Waals surface area contributed by atoms with Gasteiger partial charge in [-0.3, -0.25) is 0 Å². The molecule has 0 saturated heterocycles. The van der Waals surface area contributed by atoms with Crippen molar-refractivity contribution in [3.05, 3.63) is 0 Å². The minimum atomic E-state index is -1.20. The van der Waals surface area contributed by atoms with Crippen molar-refractivity contribution in [2.75, 3.05) is 6.38 Å². The molecule has 64 valence electrons. The van der Waals surface area contributed by atoms with Gasteiger partial charge in [-0.2, -0.15) is 0 Å². The Bertz CT molecular complexity index is 18.3. The van der Waals surface area contributed by atoms with Gasteiger partial charge in [-0.05, 0) is 0 Å². The van der Waals surface area contributed by atoms with Crippen molar-refractivity contribution >= 4 is 68.7 Å². The van der Waals surface area contributed by atoms with Crippen LogP contribution in [0.2, 0.25) is 0 Å². The molecule has 0 radical (unpaired) electrons. The Morgan fingerprint density at radius 3 is 0.800 bits per heavy atom. The van der Waals surface area contributed by atoms with Crippen molar-refractivity contribution in [3.8, 4) is 0 Å². The molecule has 0 aromatic carbocycles. The van der Waals surface area contributed by atoms with E-state index >= 15 is 0 Å². The molecule has 0 saturated carbocycles. The summed E-state index contributed by atoms with van der Waals surface area (Å²) in [5.74, 6) is -1.20. The van der Waals surface area contributed by atoms with Crippen molar-refractivity contribution in [3.63, 3.8) is 0 Å². The Balaban J connectivity index is -0.00000000625. The molecule has 10 heavy (non-hydrogen) atoms. The number of hydrogen-bond donors (Lipinski definition) is 0. The summed E-state index contributed by atoms with van der Waals surface area (Å²) < 4.78 is 0. The molecule has 0 fully saturated rings. The molecule has 0 bridgehead atoms. The maximum absolute atomic E-state index is 4.87. The fraction of sp³-hybridized carbons (Fsp3) is 1.00. The molecular formula is CH3AlCl7P. The van der Waals surface area contributed by atoms with Crippen LogP contribution in [0.1, 0.15) is 0 Å².